The molecule has 2 aromatic carbocycles. The molecule has 11 nitrogen and oxygen atoms in total. The molecule has 1 saturated heterocycles. The van der Waals surface area contributed by atoms with Gasteiger partial charge in [-0.2, -0.15) is 5.10 Å². The fraction of sp³-hybridized carbons (Fsp3) is 0.387. The van der Waals surface area contributed by atoms with Crippen molar-refractivity contribution in [3.05, 3.63) is 71.1 Å². The molecule has 1 fully saturated rings. The number of nitrogens with zero attached hydrogens (tertiary/aromatic N) is 4. The molecule has 234 valence electrons. The van der Waals surface area contributed by atoms with Crippen LogP contribution in [0.3, 0.4) is 0 Å². The van der Waals surface area contributed by atoms with Crippen molar-refractivity contribution in [3.8, 4) is 11.1 Å². The van der Waals surface area contributed by atoms with E-state index in [0.717, 1.165) is 61.4 Å². The Balaban J connectivity index is 1.27. The molecule has 3 heterocycles. The molecule has 13 heteroatoms. The summed E-state index contributed by atoms with van der Waals surface area (Å²) in [4.78, 5) is 27.4. The van der Waals surface area contributed by atoms with E-state index in [1.165, 1.54) is 12.1 Å². The number of amides is 1. The van der Waals surface area contributed by atoms with Gasteiger partial charge in [-0.25, -0.2) is 8.42 Å². The van der Waals surface area contributed by atoms with Crippen LogP contribution >= 0.6 is 11.6 Å². The van der Waals surface area contributed by atoms with Gasteiger partial charge in [0.05, 0.1) is 43.5 Å². The van der Waals surface area contributed by atoms with Crippen molar-refractivity contribution in [2.75, 3.05) is 45.2 Å². The molecular formula is C31H36ClN5O6S. The predicted molar refractivity (Wildman–Crippen MR) is 167 cm³/mol. The van der Waals surface area contributed by atoms with Gasteiger partial charge in [0.1, 0.15) is 5.69 Å². The molecule has 0 spiro atoms. The van der Waals surface area contributed by atoms with E-state index in [0.29, 0.717) is 16.3 Å². The number of hydrogen-bond donors (Lipinski definition) is 1. The highest BCUT2D eigenvalue weighted by atomic mass is 35.5. The van der Waals surface area contributed by atoms with E-state index in [-0.39, 0.29) is 17.4 Å². The van der Waals surface area contributed by atoms with Crippen LogP contribution in [0, 0.1) is 0 Å². The average molecular weight is 642 g/mol. The predicted octanol–water partition coefficient (Wildman–Crippen LogP) is 3.86. The minimum atomic E-state index is -3.83. The summed E-state index contributed by atoms with van der Waals surface area (Å²) >= 11 is 6.70. The van der Waals surface area contributed by atoms with Crippen LogP contribution in [0.15, 0.2) is 59.8 Å². The minimum Gasteiger partial charge on any atom is -0.465 e. The van der Waals surface area contributed by atoms with Crippen LogP contribution in [0.4, 0.5) is 0 Å². The minimum absolute atomic E-state index is 0.0110. The highest BCUT2D eigenvalue weighted by Gasteiger charge is 2.22. The summed E-state index contributed by atoms with van der Waals surface area (Å²) in [5.41, 5.74) is 3.74. The Bertz CT molecular complexity index is 1760. The van der Waals surface area contributed by atoms with Gasteiger partial charge < -0.3 is 19.4 Å². The van der Waals surface area contributed by atoms with Gasteiger partial charge in [-0.1, -0.05) is 23.7 Å². The van der Waals surface area contributed by atoms with E-state index in [9.17, 15) is 18.0 Å². The maximum absolute atomic E-state index is 13.3. The monoisotopic (exact) mass is 641 g/mol. The summed E-state index contributed by atoms with van der Waals surface area (Å²) < 4.78 is 39.0. The zero-order chi connectivity index (χ0) is 31.4. The Labute approximate surface area is 261 Å². The van der Waals surface area contributed by atoms with E-state index >= 15 is 0 Å². The molecule has 1 N–H and O–H groups in total. The number of rotatable bonds is 11. The third-order valence-electron chi connectivity index (χ3n) is 7.76. The number of esters is 1. The highest BCUT2D eigenvalue weighted by molar-refractivity contribution is 7.92. The summed E-state index contributed by atoms with van der Waals surface area (Å²) in [6.07, 6.45) is 3.79. The molecule has 1 atom stereocenters. The van der Waals surface area contributed by atoms with Gasteiger partial charge in [-0.3, -0.25) is 19.2 Å². The number of hydrogen-bond acceptors (Lipinski definition) is 8. The van der Waals surface area contributed by atoms with Crippen molar-refractivity contribution in [1.29, 1.82) is 0 Å². The second kappa shape index (κ2) is 13.5. The van der Waals surface area contributed by atoms with Crippen molar-refractivity contribution < 1.29 is 27.5 Å². The number of nitrogens with one attached hydrogen (secondary N) is 1. The number of aryl methyl sites for hydroxylation is 1. The number of carbonyl (C=O) groups excluding carboxylic acids is 2. The quantitative estimate of drug-likeness (QED) is 0.245. The molecule has 0 radical (unpaired) electrons. The maximum atomic E-state index is 13.3. The summed E-state index contributed by atoms with van der Waals surface area (Å²) in [6, 6.07) is 11.3. The molecule has 2 aromatic heterocycles. The first-order valence-corrected chi connectivity index (χ1v) is 16.5. The smallest absolute Gasteiger partial charge is 0.321 e. The van der Waals surface area contributed by atoms with Crippen LogP contribution in [0.25, 0.3) is 22.0 Å². The van der Waals surface area contributed by atoms with Crippen LogP contribution in [0.2, 0.25) is 5.02 Å². The lowest BCUT2D eigenvalue weighted by molar-refractivity contribution is -0.139. The Morgan fingerprint density at radius 2 is 1.84 bits per heavy atom. The van der Waals surface area contributed by atoms with Crippen molar-refractivity contribution in [3.63, 3.8) is 0 Å². The van der Waals surface area contributed by atoms with E-state index in [4.69, 9.17) is 21.1 Å². The van der Waals surface area contributed by atoms with Gasteiger partial charge in [-0.15, -0.1) is 0 Å². The van der Waals surface area contributed by atoms with Crippen molar-refractivity contribution in [2.24, 2.45) is 7.05 Å². The summed E-state index contributed by atoms with van der Waals surface area (Å²) in [6.45, 7) is 8.56. The molecule has 44 heavy (non-hydrogen) atoms. The Kier molecular flexibility index (Phi) is 9.74. The largest absolute Gasteiger partial charge is 0.465 e. The third kappa shape index (κ3) is 7.15. The first-order chi connectivity index (χ1) is 21.1. The van der Waals surface area contributed by atoms with Crippen LogP contribution in [-0.2, 0) is 37.7 Å². The van der Waals surface area contributed by atoms with Crippen molar-refractivity contribution in [2.45, 2.75) is 31.3 Å². The Hall–Kier alpha value is -3.71. The number of ether oxygens (including phenoxy) is 2. The maximum Gasteiger partial charge on any atom is 0.321 e. The first kappa shape index (κ1) is 31.7. The van der Waals surface area contributed by atoms with Crippen molar-refractivity contribution in [1.82, 2.24) is 24.6 Å². The molecule has 1 aliphatic heterocycles. The van der Waals surface area contributed by atoms with Gasteiger partial charge in [0, 0.05) is 59.9 Å². The molecular weight excluding hydrogens is 606 g/mol. The van der Waals surface area contributed by atoms with Crippen molar-refractivity contribution >= 4 is 44.2 Å². The summed E-state index contributed by atoms with van der Waals surface area (Å²) in [5, 5.41) is 8.91. The standard InChI is InChI=1S/C31H36ClN5O6S/c1-4-43-30(38)20-44(40,41)25-7-5-22(6-8-25)21(2)34-31(39)29-16-23-15-27(32)26(17-28(23)35(29)3)24-18-33-37(19-24)10-9-36-11-13-42-14-12-36/h5-8,15-19,21H,4,9-14,20H2,1-3H3,(H,34,39)/t21-/m1/s1. The molecule has 4 aromatic rings. The number of benzene rings is 2. The van der Waals surface area contributed by atoms with Crippen LogP contribution in [-0.4, -0.2) is 84.7 Å². The van der Waals surface area contributed by atoms with Crippen LogP contribution in [0.1, 0.15) is 35.9 Å². The lowest BCUT2D eigenvalue weighted by Crippen LogP contribution is -2.38. The molecule has 0 aliphatic carbocycles. The molecule has 0 unspecified atom stereocenters. The van der Waals surface area contributed by atoms with Gasteiger partial charge in [0.2, 0.25) is 0 Å². The van der Waals surface area contributed by atoms with Gasteiger partial charge >= 0.3 is 5.97 Å². The van der Waals surface area contributed by atoms with E-state index < -0.39 is 27.6 Å². The Morgan fingerprint density at radius 1 is 1.11 bits per heavy atom. The summed E-state index contributed by atoms with van der Waals surface area (Å²) in [5.74, 6) is -1.81. The highest BCUT2D eigenvalue weighted by Crippen LogP contribution is 2.33. The molecule has 1 aliphatic rings. The molecule has 5 rings (SSSR count). The number of fused-ring (bicyclic) bond motifs is 1. The SMILES string of the molecule is CCOC(=O)CS(=O)(=O)c1ccc([C@@H](C)NC(=O)c2cc3cc(Cl)c(-c4cnn(CCN5CCOCC5)c4)cc3n2C)cc1. The van der Waals surface area contributed by atoms with Crippen LogP contribution < -0.4 is 5.32 Å². The van der Waals surface area contributed by atoms with E-state index in [1.54, 1.807) is 31.3 Å². The fourth-order valence-electron chi connectivity index (χ4n) is 5.25. The molecule has 1 amide bonds. The summed E-state index contributed by atoms with van der Waals surface area (Å²) in [7, 11) is -2.00. The van der Waals surface area contributed by atoms with E-state index in [1.807, 2.05) is 41.5 Å². The number of morpholine rings is 1. The van der Waals surface area contributed by atoms with Gasteiger partial charge in [0.25, 0.3) is 5.91 Å². The second-order valence-corrected chi connectivity index (χ2v) is 13.2. The third-order valence-corrected chi connectivity index (χ3v) is 9.68. The normalized spacial score (nSPS) is 14.9. The number of aromatic nitrogens is 3. The van der Waals surface area contributed by atoms with Crippen LogP contribution in [0.5, 0.6) is 0 Å². The lowest BCUT2D eigenvalue weighted by Gasteiger charge is -2.26. The number of halogens is 1. The molecule has 0 bridgehead atoms. The number of sulfone groups is 1. The zero-order valence-corrected chi connectivity index (χ0v) is 26.5. The average Bonchev–Trinajstić information content (AvgIpc) is 3.60. The van der Waals surface area contributed by atoms with Gasteiger partial charge in [0.15, 0.2) is 15.6 Å². The van der Waals surface area contributed by atoms with E-state index in [2.05, 4.69) is 15.3 Å². The second-order valence-electron chi connectivity index (χ2n) is 10.8. The lowest BCUT2D eigenvalue weighted by atomic mass is 10.1. The topological polar surface area (TPSA) is 125 Å². The first-order valence-electron chi connectivity index (χ1n) is 14.5. The fourth-order valence-corrected chi connectivity index (χ4v) is 6.64. The molecule has 0 saturated carbocycles. The Morgan fingerprint density at radius 3 is 2.55 bits per heavy atom. The van der Waals surface area contributed by atoms with Gasteiger partial charge in [-0.05, 0) is 49.7 Å². The zero-order valence-electron chi connectivity index (χ0n) is 25.0. The number of carbonyl (C=O) groups is 2.